The zero-order valence-electron chi connectivity index (χ0n) is 25.8. The molecule has 4 aromatic carbocycles. The third-order valence-corrected chi connectivity index (χ3v) is 10.5. The molecule has 0 saturated carbocycles. The van der Waals surface area contributed by atoms with Crippen LogP contribution in [0.3, 0.4) is 0 Å². The van der Waals surface area contributed by atoms with Crippen LogP contribution in [0.4, 0.5) is 5.69 Å². The lowest BCUT2D eigenvalue weighted by Gasteiger charge is -2.42. The Morgan fingerprint density at radius 1 is 0.854 bits per heavy atom. The lowest BCUT2D eigenvalue weighted by Crippen LogP contribution is -2.39. The van der Waals surface area contributed by atoms with Gasteiger partial charge in [0.1, 0.15) is 11.3 Å². The van der Waals surface area contributed by atoms with Crippen molar-refractivity contribution in [2.45, 2.75) is 25.7 Å². The molecule has 3 aliphatic carbocycles. The second-order valence-electron chi connectivity index (χ2n) is 13.0. The van der Waals surface area contributed by atoms with Crippen molar-refractivity contribution in [1.29, 1.82) is 0 Å². The highest BCUT2D eigenvalue weighted by atomic mass is 16.3. The van der Waals surface area contributed by atoms with Gasteiger partial charge in [-0.05, 0) is 85.0 Å². The number of allylic oxidation sites excluding steroid dienone is 6. The van der Waals surface area contributed by atoms with Crippen molar-refractivity contribution in [3.63, 3.8) is 0 Å². The van der Waals surface area contributed by atoms with Gasteiger partial charge < -0.3 is 9.52 Å². The van der Waals surface area contributed by atoms with Crippen molar-refractivity contribution >= 4 is 50.9 Å². The number of benzene rings is 4. The molecule has 1 saturated heterocycles. The fourth-order valence-electron chi connectivity index (χ4n) is 8.30. The Morgan fingerprint density at radius 3 is 2.44 bits per heavy atom. The zero-order chi connectivity index (χ0) is 32.8. The maximum Gasteiger partial charge on any atom is 0.238 e. The molecule has 1 aliphatic heterocycles. The van der Waals surface area contributed by atoms with E-state index >= 15 is 0 Å². The lowest BCUT2D eigenvalue weighted by molar-refractivity contribution is -0.123. The molecule has 9 rings (SSSR count). The minimum Gasteiger partial charge on any atom is -0.508 e. The number of carbonyl (C=O) groups excluding carboxylic acids is 4. The van der Waals surface area contributed by atoms with Crippen LogP contribution in [-0.2, 0) is 19.2 Å². The number of hydrogen-bond acceptors (Lipinski definition) is 7. The molecular formula is C40H28N2O6. The number of fused-ring (bicyclic) bond motifs is 5. The molecule has 1 fully saturated rings. The summed E-state index contributed by atoms with van der Waals surface area (Å²) >= 11 is 0. The van der Waals surface area contributed by atoms with Crippen molar-refractivity contribution < 1.29 is 28.7 Å². The number of phenols is 1. The Bertz CT molecular complexity index is 2340. The predicted molar refractivity (Wildman–Crippen MR) is 179 cm³/mol. The van der Waals surface area contributed by atoms with Gasteiger partial charge in [0.2, 0.25) is 17.7 Å². The Morgan fingerprint density at radius 2 is 1.62 bits per heavy atom. The van der Waals surface area contributed by atoms with Gasteiger partial charge >= 0.3 is 0 Å². The Kier molecular flexibility index (Phi) is 6.09. The maximum atomic E-state index is 14.4. The van der Waals surface area contributed by atoms with Crippen LogP contribution in [0, 0.1) is 17.8 Å². The number of Topliss-reactive ketones (excluding diaryl/α,β-unsaturated/α-hetero) is 1. The smallest absolute Gasteiger partial charge is 0.238 e. The first-order chi connectivity index (χ1) is 23.3. The molecule has 0 unspecified atom stereocenters. The molecule has 8 heteroatoms. The Hall–Kier alpha value is -5.89. The van der Waals surface area contributed by atoms with Crippen LogP contribution in [0.25, 0.3) is 33.3 Å². The van der Waals surface area contributed by atoms with E-state index in [1.807, 2.05) is 60.7 Å². The molecular weight excluding hydrogens is 604 g/mol. The molecule has 1 aromatic heterocycles. The summed E-state index contributed by atoms with van der Waals surface area (Å²) in [4.78, 5) is 61.6. The monoisotopic (exact) mass is 632 g/mol. The average molecular weight is 633 g/mol. The van der Waals surface area contributed by atoms with Crippen LogP contribution in [0.5, 0.6) is 5.75 Å². The number of aromatic hydroxyl groups is 1. The molecule has 4 atom stereocenters. The first-order valence-corrected chi connectivity index (χ1v) is 16.0. The molecule has 48 heavy (non-hydrogen) atoms. The Labute approximate surface area is 274 Å². The van der Waals surface area contributed by atoms with Crippen LogP contribution < -0.4 is 4.90 Å². The first-order valence-electron chi connectivity index (χ1n) is 16.0. The van der Waals surface area contributed by atoms with Crippen molar-refractivity contribution in [3.8, 4) is 17.2 Å². The SMILES string of the molecule is CC1=CC(=O)C2=C(C[C@@H]3C(=CC[C@@H]4C(=O)N(c5ccc(-c6nc7ccccc7o6)cc5)C(=O)[C@@H]43)[C@@H]2c2c(O)ccc3ccccc23)C1=O. The number of aromatic nitrogens is 1. The summed E-state index contributed by atoms with van der Waals surface area (Å²) in [6, 6.07) is 25.5. The molecule has 2 amide bonds. The molecule has 234 valence electrons. The first kappa shape index (κ1) is 28.3. The minimum atomic E-state index is -0.737. The van der Waals surface area contributed by atoms with E-state index in [0.29, 0.717) is 51.4 Å². The van der Waals surface area contributed by atoms with Crippen molar-refractivity contribution in [2.75, 3.05) is 4.90 Å². The summed E-state index contributed by atoms with van der Waals surface area (Å²) in [7, 11) is 0. The van der Waals surface area contributed by atoms with Gasteiger partial charge in [-0.2, -0.15) is 0 Å². The van der Waals surface area contributed by atoms with Crippen molar-refractivity contribution in [1.82, 2.24) is 4.98 Å². The standard InChI is InChI=1S/C40H28N2O6/c1-20-18-31(44)35-28(37(20)45)19-27-25(36(35)34-24-7-3-2-6-21(24)12-17-30(34)43)15-16-26-33(27)40(47)42(39(26)46)23-13-10-22(11-14-23)38-41-29-8-4-5-9-32(29)48-38/h2-15,17-18,26-27,33,36,43H,16,19H2,1H3/t26-,27+,33-,36+/m0/s1. The molecule has 5 aromatic rings. The highest BCUT2D eigenvalue weighted by Crippen LogP contribution is 2.57. The van der Waals surface area contributed by atoms with E-state index in [0.717, 1.165) is 21.9 Å². The third kappa shape index (κ3) is 3.98. The van der Waals surface area contributed by atoms with Gasteiger partial charge in [0.15, 0.2) is 17.1 Å². The summed E-state index contributed by atoms with van der Waals surface area (Å²) in [6.45, 7) is 1.62. The second kappa shape index (κ2) is 10.3. The number of anilines is 1. The summed E-state index contributed by atoms with van der Waals surface area (Å²) in [6.07, 6.45) is 3.82. The molecule has 0 bridgehead atoms. The minimum absolute atomic E-state index is 0.00947. The average Bonchev–Trinajstić information content (AvgIpc) is 3.65. The van der Waals surface area contributed by atoms with Crippen LogP contribution in [0.15, 0.2) is 124 Å². The number of ketones is 2. The predicted octanol–water partition coefficient (Wildman–Crippen LogP) is 6.99. The topological polar surface area (TPSA) is 118 Å². The second-order valence-corrected chi connectivity index (χ2v) is 13.0. The van der Waals surface area contributed by atoms with Gasteiger partial charge in [-0.3, -0.25) is 24.1 Å². The molecule has 4 aliphatic rings. The fraction of sp³-hybridized carbons (Fsp3) is 0.175. The van der Waals surface area contributed by atoms with Crippen molar-refractivity contribution in [3.05, 3.63) is 125 Å². The van der Waals surface area contributed by atoms with Gasteiger partial charge in [-0.25, -0.2) is 4.98 Å². The van der Waals surface area contributed by atoms with Gasteiger partial charge in [-0.1, -0.05) is 54.1 Å². The van der Waals surface area contributed by atoms with Gasteiger partial charge in [0.25, 0.3) is 0 Å². The van der Waals surface area contributed by atoms with E-state index in [9.17, 15) is 24.3 Å². The summed E-state index contributed by atoms with van der Waals surface area (Å²) < 4.78 is 5.90. The fourth-order valence-corrected chi connectivity index (χ4v) is 8.30. The molecule has 0 radical (unpaired) electrons. The number of oxazole rings is 1. The number of imide groups is 1. The number of para-hydroxylation sites is 2. The zero-order valence-corrected chi connectivity index (χ0v) is 25.8. The van der Waals surface area contributed by atoms with E-state index in [2.05, 4.69) is 4.98 Å². The van der Waals surface area contributed by atoms with E-state index in [1.54, 1.807) is 37.3 Å². The lowest BCUT2D eigenvalue weighted by atomic mass is 9.59. The van der Waals surface area contributed by atoms with E-state index < -0.39 is 23.7 Å². The van der Waals surface area contributed by atoms with Gasteiger partial charge in [0.05, 0.1) is 17.5 Å². The summed E-state index contributed by atoms with van der Waals surface area (Å²) in [5.41, 5.74) is 4.94. The molecule has 2 heterocycles. The number of carbonyl (C=O) groups is 4. The van der Waals surface area contributed by atoms with Crippen LogP contribution >= 0.6 is 0 Å². The van der Waals surface area contributed by atoms with E-state index in [4.69, 9.17) is 4.42 Å². The quantitative estimate of drug-likeness (QED) is 0.129. The van der Waals surface area contributed by atoms with Crippen LogP contribution in [0.2, 0.25) is 0 Å². The number of rotatable bonds is 3. The van der Waals surface area contributed by atoms with Gasteiger partial charge in [-0.15, -0.1) is 0 Å². The number of amides is 2. The molecule has 8 nitrogen and oxygen atoms in total. The highest BCUT2D eigenvalue weighted by molar-refractivity contribution is 6.25. The number of hydrogen-bond donors (Lipinski definition) is 1. The van der Waals surface area contributed by atoms with E-state index in [-0.39, 0.29) is 35.6 Å². The van der Waals surface area contributed by atoms with Crippen LogP contribution in [-0.4, -0.2) is 33.5 Å². The van der Waals surface area contributed by atoms with Crippen LogP contribution in [0.1, 0.15) is 31.2 Å². The van der Waals surface area contributed by atoms with E-state index in [1.165, 1.54) is 11.0 Å². The maximum absolute atomic E-state index is 14.4. The normalized spacial score (nSPS) is 23.7. The molecule has 1 N–H and O–H groups in total. The molecule has 0 spiro atoms. The Balaban J connectivity index is 1.12. The van der Waals surface area contributed by atoms with Gasteiger partial charge in [0, 0.05) is 33.8 Å². The summed E-state index contributed by atoms with van der Waals surface area (Å²) in [5, 5.41) is 13.0. The number of phenolic OH excluding ortho intramolecular Hbond substituents is 1. The van der Waals surface area contributed by atoms with Crippen molar-refractivity contribution in [2.24, 2.45) is 17.8 Å². The summed E-state index contributed by atoms with van der Waals surface area (Å²) in [5.74, 6) is -3.26. The third-order valence-electron chi connectivity index (χ3n) is 10.5. The highest BCUT2D eigenvalue weighted by Gasteiger charge is 2.57. The number of nitrogens with zero attached hydrogens (tertiary/aromatic N) is 2. The largest absolute Gasteiger partial charge is 0.508 e.